The third-order valence-corrected chi connectivity index (χ3v) is 6.71. The van der Waals surface area contributed by atoms with Gasteiger partial charge >= 0.3 is 12.3 Å². The molecule has 0 radical (unpaired) electrons. The predicted molar refractivity (Wildman–Crippen MR) is 129 cm³/mol. The fourth-order valence-electron chi connectivity index (χ4n) is 5.05. The first kappa shape index (κ1) is 25.9. The highest BCUT2D eigenvalue weighted by molar-refractivity contribution is 5.98. The molecule has 3 aromatic rings. The lowest BCUT2D eigenvalue weighted by Crippen LogP contribution is -2.35. The molecule has 4 heterocycles. The molecule has 0 saturated carbocycles. The predicted octanol–water partition coefficient (Wildman–Crippen LogP) is 5.05. The second-order valence-corrected chi connectivity index (χ2v) is 10.7. The summed E-state index contributed by atoms with van der Waals surface area (Å²) in [6.07, 6.45) is -4.98. The van der Waals surface area contributed by atoms with Crippen LogP contribution >= 0.6 is 0 Å². The summed E-state index contributed by atoms with van der Waals surface area (Å²) < 4.78 is 63.5. The number of likely N-dealkylation sites (tertiary alicyclic amines) is 1. The minimum atomic E-state index is -4.73. The number of carbonyl (C=O) groups is 2. The van der Waals surface area contributed by atoms with Crippen molar-refractivity contribution in [2.24, 2.45) is 5.92 Å². The van der Waals surface area contributed by atoms with Gasteiger partial charge < -0.3 is 15.0 Å². The molecule has 2 aliphatic heterocycles. The third-order valence-electron chi connectivity index (χ3n) is 6.71. The van der Waals surface area contributed by atoms with Crippen LogP contribution in [0.5, 0.6) is 0 Å². The number of benzene rings is 1. The summed E-state index contributed by atoms with van der Waals surface area (Å²) in [6, 6.07) is 3.48. The molecule has 38 heavy (non-hydrogen) atoms. The van der Waals surface area contributed by atoms with Crippen LogP contribution in [0.2, 0.25) is 0 Å². The largest absolute Gasteiger partial charge is 0.444 e. The Hall–Kier alpha value is -3.77. The van der Waals surface area contributed by atoms with Crippen molar-refractivity contribution in [3.63, 3.8) is 0 Å². The third kappa shape index (κ3) is 4.65. The number of ether oxygens (including phenoxy) is 1. The number of hydrogen-bond acceptors (Lipinski definition) is 6. The van der Waals surface area contributed by atoms with E-state index in [2.05, 4.69) is 20.4 Å². The molecule has 5 rings (SSSR count). The van der Waals surface area contributed by atoms with E-state index in [9.17, 15) is 27.2 Å². The zero-order valence-electron chi connectivity index (χ0n) is 21.1. The van der Waals surface area contributed by atoms with Crippen LogP contribution in [0.25, 0.3) is 22.3 Å². The first-order valence-corrected chi connectivity index (χ1v) is 12.1. The maximum absolute atomic E-state index is 14.4. The first-order chi connectivity index (χ1) is 17.7. The number of rotatable bonds is 2. The Balaban J connectivity index is 1.63. The van der Waals surface area contributed by atoms with Crippen molar-refractivity contribution in [1.29, 1.82) is 0 Å². The molecule has 2 aromatic heterocycles. The van der Waals surface area contributed by atoms with Gasteiger partial charge in [-0.25, -0.2) is 19.2 Å². The van der Waals surface area contributed by atoms with Gasteiger partial charge in [-0.15, -0.1) is 0 Å². The van der Waals surface area contributed by atoms with E-state index in [1.165, 1.54) is 23.1 Å². The molecule has 13 heteroatoms. The van der Waals surface area contributed by atoms with E-state index in [0.717, 1.165) is 6.33 Å². The summed E-state index contributed by atoms with van der Waals surface area (Å²) in [6.45, 7) is 7.76. The maximum Gasteiger partial charge on any atom is 0.410 e. The highest BCUT2D eigenvalue weighted by Gasteiger charge is 2.48. The van der Waals surface area contributed by atoms with Crippen LogP contribution in [0.1, 0.15) is 51.6 Å². The lowest BCUT2D eigenvalue weighted by molar-refractivity contribution is -0.156. The van der Waals surface area contributed by atoms with Crippen molar-refractivity contribution in [3.05, 3.63) is 35.9 Å². The molecule has 9 nitrogen and oxygen atoms in total. The Morgan fingerprint density at radius 2 is 1.87 bits per heavy atom. The van der Waals surface area contributed by atoms with Gasteiger partial charge in [-0.2, -0.15) is 18.3 Å². The molecule has 0 aliphatic carbocycles. The van der Waals surface area contributed by atoms with E-state index in [4.69, 9.17) is 4.74 Å². The summed E-state index contributed by atoms with van der Waals surface area (Å²) in [5, 5.41) is 7.42. The van der Waals surface area contributed by atoms with Crippen molar-refractivity contribution < 1.29 is 31.9 Å². The highest BCUT2D eigenvalue weighted by atomic mass is 19.4. The molecule has 2 aliphatic rings. The number of carbonyl (C=O) groups excluding carboxylic acids is 2. The van der Waals surface area contributed by atoms with Crippen LogP contribution in [0, 0.1) is 11.7 Å². The van der Waals surface area contributed by atoms with E-state index in [1.807, 2.05) is 6.92 Å². The van der Waals surface area contributed by atoms with Gasteiger partial charge in [0.1, 0.15) is 35.0 Å². The van der Waals surface area contributed by atoms with Crippen molar-refractivity contribution in [1.82, 2.24) is 24.6 Å². The van der Waals surface area contributed by atoms with E-state index in [1.54, 1.807) is 25.5 Å². The Kier molecular flexibility index (Phi) is 6.07. The Morgan fingerprint density at radius 1 is 1.13 bits per heavy atom. The number of hydrogen-bond donors (Lipinski definition) is 1. The molecule has 1 fully saturated rings. The molecule has 1 N–H and O–H groups in total. The standard InChI is InChI=1S/C25H26F4N6O3/c1-12-9-34(23(37)38-24(2,3)4)10-17(12)35-16-7-13(26)5-6-14(16)20(33-35)21-19-15(25(27,28)29)8-18(36)32-22(19)31-11-30-21/h5-7,11-12,15,17H,8-10H2,1-4H3,(H,30,31,32,36)/t12-,15-,17+/m1/s1. The molecular weight excluding hydrogens is 508 g/mol. The van der Waals surface area contributed by atoms with Gasteiger partial charge in [-0.05, 0) is 44.9 Å². The summed E-state index contributed by atoms with van der Waals surface area (Å²) >= 11 is 0. The topological polar surface area (TPSA) is 102 Å². The van der Waals surface area contributed by atoms with Gasteiger partial charge in [0.15, 0.2) is 0 Å². The molecule has 1 aromatic carbocycles. The molecule has 3 atom stereocenters. The van der Waals surface area contributed by atoms with Crippen molar-refractivity contribution >= 4 is 28.7 Å². The van der Waals surface area contributed by atoms with Crippen LogP contribution in [0.4, 0.5) is 28.2 Å². The number of anilines is 1. The van der Waals surface area contributed by atoms with E-state index < -0.39 is 48.0 Å². The number of fused-ring (bicyclic) bond motifs is 2. The Morgan fingerprint density at radius 3 is 2.55 bits per heavy atom. The maximum atomic E-state index is 14.4. The number of aromatic nitrogens is 4. The average molecular weight is 535 g/mol. The van der Waals surface area contributed by atoms with Crippen molar-refractivity contribution in [2.45, 2.75) is 57.9 Å². The molecule has 2 amide bonds. The van der Waals surface area contributed by atoms with Crippen LogP contribution in [0.15, 0.2) is 24.5 Å². The normalized spacial score (nSPS) is 21.9. The summed E-state index contributed by atoms with van der Waals surface area (Å²) in [4.78, 5) is 34.3. The van der Waals surface area contributed by atoms with Crippen LogP contribution in [-0.2, 0) is 9.53 Å². The summed E-state index contributed by atoms with van der Waals surface area (Å²) in [7, 11) is 0. The lowest BCUT2D eigenvalue weighted by Gasteiger charge is -2.27. The van der Waals surface area contributed by atoms with Crippen LogP contribution in [0.3, 0.4) is 0 Å². The van der Waals surface area contributed by atoms with Gasteiger partial charge in [0.2, 0.25) is 5.91 Å². The van der Waals surface area contributed by atoms with E-state index >= 15 is 0 Å². The monoisotopic (exact) mass is 534 g/mol. The summed E-state index contributed by atoms with van der Waals surface area (Å²) in [5.41, 5.74) is -0.623. The number of amides is 2. The van der Waals surface area contributed by atoms with Gasteiger partial charge in [0.25, 0.3) is 0 Å². The first-order valence-electron chi connectivity index (χ1n) is 12.1. The smallest absolute Gasteiger partial charge is 0.410 e. The SMILES string of the molecule is C[C@@H]1CN(C(=O)OC(C)(C)C)C[C@@H]1n1nc(-c2ncnc3c2[C@H](C(F)(F)F)CC(=O)N3)c2ccc(F)cc21. The number of nitrogens with zero attached hydrogens (tertiary/aromatic N) is 5. The fourth-order valence-corrected chi connectivity index (χ4v) is 5.05. The molecular formula is C25H26F4N6O3. The molecule has 0 spiro atoms. The second kappa shape index (κ2) is 8.91. The fraction of sp³-hybridized carbons (Fsp3) is 0.480. The van der Waals surface area contributed by atoms with E-state index in [0.29, 0.717) is 17.4 Å². The Bertz CT molecular complexity index is 1430. The molecule has 202 valence electrons. The van der Waals surface area contributed by atoms with Gasteiger partial charge in [0.05, 0.1) is 17.5 Å². The van der Waals surface area contributed by atoms with Gasteiger partial charge in [0, 0.05) is 30.5 Å². The molecule has 0 unspecified atom stereocenters. The zero-order chi connectivity index (χ0) is 27.6. The van der Waals surface area contributed by atoms with Crippen molar-refractivity contribution in [3.8, 4) is 11.4 Å². The molecule has 1 saturated heterocycles. The zero-order valence-corrected chi connectivity index (χ0v) is 21.1. The minimum absolute atomic E-state index is 0.0951. The minimum Gasteiger partial charge on any atom is -0.444 e. The number of nitrogens with one attached hydrogen (secondary N) is 1. The van der Waals surface area contributed by atoms with Gasteiger partial charge in [-0.1, -0.05) is 6.92 Å². The average Bonchev–Trinajstić information content (AvgIpc) is 3.36. The highest BCUT2D eigenvalue weighted by Crippen LogP contribution is 2.47. The van der Waals surface area contributed by atoms with E-state index in [-0.39, 0.29) is 35.2 Å². The lowest BCUT2D eigenvalue weighted by atomic mass is 9.89. The van der Waals surface area contributed by atoms with Crippen LogP contribution < -0.4 is 5.32 Å². The quantitative estimate of drug-likeness (QED) is 0.462. The number of halogens is 4. The Labute approximate surface area is 215 Å². The van der Waals surface area contributed by atoms with Crippen molar-refractivity contribution in [2.75, 3.05) is 18.4 Å². The number of alkyl halides is 3. The molecule has 0 bridgehead atoms. The second-order valence-electron chi connectivity index (χ2n) is 10.7. The van der Waals surface area contributed by atoms with Crippen LogP contribution in [-0.4, -0.2) is 61.5 Å². The van der Waals surface area contributed by atoms with Gasteiger partial charge in [-0.3, -0.25) is 9.48 Å². The summed E-state index contributed by atoms with van der Waals surface area (Å²) in [5.74, 6) is -3.84.